The van der Waals surface area contributed by atoms with Gasteiger partial charge < -0.3 is 4.90 Å². The van der Waals surface area contributed by atoms with Crippen LogP contribution in [0.2, 0.25) is 0 Å². The number of hydrogen-bond donors (Lipinski definition) is 1. The molecule has 0 spiro atoms. The molecule has 0 aliphatic carbocycles. The molecule has 16 heavy (non-hydrogen) atoms. The molecule has 1 rings (SSSR count). The fourth-order valence-corrected chi connectivity index (χ4v) is 1.50. The summed E-state index contributed by atoms with van der Waals surface area (Å²) in [6, 6.07) is 0. The van der Waals surface area contributed by atoms with Gasteiger partial charge in [0.25, 0.3) is 0 Å². The first-order valence-corrected chi connectivity index (χ1v) is 5.18. The molecule has 94 valence electrons. The summed E-state index contributed by atoms with van der Waals surface area (Å²) in [5.41, 5.74) is 2.03. The molecular formula is C9H15F3N2O2. The average Bonchev–Trinajstić information content (AvgIpc) is 2.24. The Morgan fingerprint density at radius 2 is 1.88 bits per heavy atom. The normalized spacial score (nSPS) is 17.6. The Morgan fingerprint density at radius 1 is 1.25 bits per heavy atom. The maximum absolute atomic E-state index is 11.7. The SMILES string of the molecule is O=C(CNOCC(F)(F)F)N1CCCCC1. The van der Waals surface area contributed by atoms with Crippen LogP contribution in [-0.4, -0.2) is 43.2 Å². The Kier molecular flexibility index (Phi) is 5.01. The Hall–Kier alpha value is -0.820. The molecule has 1 saturated heterocycles. The average molecular weight is 240 g/mol. The molecule has 0 bridgehead atoms. The van der Waals surface area contributed by atoms with Gasteiger partial charge in [0.2, 0.25) is 5.91 Å². The topological polar surface area (TPSA) is 41.6 Å². The van der Waals surface area contributed by atoms with E-state index in [2.05, 4.69) is 4.84 Å². The number of halogens is 3. The number of hydroxylamine groups is 1. The van der Waals surface area contributed by atoms with Crippen LogP contribution >= 0.6 is 0 Å². The van der Waals surface area contributed by atoms with E-state index >= 15 is 0 Å². The molecule has 1 aliphatic rings. The van der Waals surface area contributed by atoms with Crippen LogP contribution in [0.4, 0.5) is 13.2 Å². The minimum atomic E-state index is -4.37. The van der Waals surface area contributed by atoms with Gasteiger partial charge in [-0.3, -0.25) is 9.63 Å². The number of alkyl halides is 3. The van der Waals surface area contributed by atoms with Gasteiger partial charge in [0.1, 0.15) is 6.54 Å². The highest BCUT2D eigenvalue weighted by molar-refractivity contribution is 5.78. The van der Waals surface area contributed by atoms with Crippen molar-refractivity contribution in [3.05, 3.63) is 0 Å². The Labute approximate surface area is 91.7 Å². The fraction of sp³-hybridized carbons (Fsp3) is 0.889. The van der Waals surface area contributed by atoms with E-state index in [1.54, 1.807) is 4.90 Å². The molecule has 1 aliphatic heterocycles. The van der Waals surface area contributed by atoms with Crippen molar-refractivity contribution in [3.63, 3.8) is 0 Å². The number of hydrogen-bond acceptors (Lipinski definition) is 3. The highest BCUT2D eigenvalue weighted by Gasteiger charge is 2.28. The summed E-state index contributed by atoms with van der Waals surface area (Å²) in [5, 5.41) is 0. The van der Waals surface area contributed by atoms with Gasteiger partial charge >= 0.3 is 6.18 Å². The van der Waals surface area contributed by atoms with Crippen molar-refractivity contribution in [1.82, 2.24) is 10.4 Å². The number of amides is 1. The number of nitrogens with zero attached hydrogens (tertiary/aromatic N) is 1. The van der Waals surface area contributed by atoms with Gasteiger partial charge in [-0.25, -0.2) is 0 Å². The second kappa shape index (κ2) is 6.05. The monoisotopic (exact) mass is 240 g/mol. The molecule has 7 heteroatoms. The molecule has 4 nitrogen and oxygen atoms in total. The summed E-state index contributed by atoms with van der Waals surface area (Å²) in [7, 11) is 0. The number of likely N-dealkylation sites (tertiary alicyclic amines) is 1. The van der Waals surface area contributed by atoms with Crippen molar-refractivity contribution in [2.75, 3.05) is 26.2 Å². The zero-order chi connectivity index (χ0) is 12.0. The molecule has 0 atom stereocenters. The van der Waals surface area contributed by atoms with Gasteiger partial charge in [-0.1, -0.05) is 0 Å². The lowest BCUT2D eigenvalue weighted by Crippen LogP contribution is -2.41. The number of carbonyl (C=O) groups is 1. The van der Waals surface area contributed by atoms with Gasteiger partial charge in [-0.05, 0) is 19.3 Å². The van der Waals surface area contributed by atoms with Crippen molar-refractivity contribution in [2.24, 2.45) is 0 Å². The minimum absolute atomic E-state index is 0.212. The highest BCUT2D eigenvalue weighted by Crippen LogP contribution is 2.13. The number of carbonyl (C=O) groups excluding carboxylic acids is 1. The van der Waals surface area contributed by atoms with Crippen LogP contribution in [0.25, 0.3) is 0 Å². The largest absolute Gasteiger partial charge is 0.413 e. The van der Waals surface area contributed by atoms with Crippen molar-refractivity contribution in [1.29, 1.82) is 0 Å². The Balaban J connectivity index is 2.10. The van der Waals surface area contributed by atoms with Crippen molar-refractivity contribution in [3.8, 4) is 0 Å². The molecule has 0 aromatic heterocycles. The summed E-state index contributed by atoms with van der Waals surface area (Å²) in [6.07, 6.45) is -1.37. The summed E-state index contributed by atoms with van der Waals surface area (Å²) in [6.45, 7) is -0.240. The summed E-state index contributed by atoms with van der Waals surface area (Å²) in [5.74, 6) is -0.220. The van der Waals surface area contributed by atoms with E-state index in [-0.39, 0.29) is 12.5 Å². The van der Waals surface area contributed by atoms with Gasteiger partial charge in [-0.2, -0.15) is 18.7 Å². The van der Waals surface area contributed by atoms with Crippen LogP contribution in [0.5, 0.6) is 0 Å². The molecule has 0 aromatic rings. The van der Waals surface area contributed by atoms with Crippen molar-refractivity contribution in [2.45, 2.75) is 25.4 Å². The first-order chi connectivity index (χ1) is 7.49. The van der Waals surface area contributed by atoms with Crippen molar-refractivity contribution < 1.29 is 22.8 Å². The van der Waals surface area contributed by atoms with Gasteiger partial charge in [0.05, 0.1) is 0 Å². The maximum Gasteiger partial charge on any atom is 0.413 e. The third kappa shape index (κ3) is 5.32. The van der Waals surface area contributed by atoms with Gasteiger partial charge in [-0.15, -0.1) is 0 Å². The van der Waals surface area contributed by atoms with E-state index in [1.807, 2.05) is 5.48 Å². The molecule has 1 fully saturated rings. The Morgan fingerprint density at radius 3 is 2.44 bits per heavy atom. The second-order valence-electron chi connectivity index (χ2n) is 3.67. The fourth-order valence-electron chi connectivity index (χ4n) is 1.50. The first-order valence-electron chi connectivity index (χ1n) is 5.18. The van der Waals surface area contributed by atoms with E-state index in [1.165, 1.54) is 0 Å². The lowest BCUT2D eigenvalue weighted by atomic mass is 10.1. The predicted molar refractivity (Wildman–Crippen MR) is 50.4 cm³/mol. The lowest BCUT2D eigenvalue weighted by Gasteiger charge is -2.26. The molecule has 0 unspecified atom stereocenters. The molecule has 1 N–H and O–H groups in total. The van der Waals surface area contributed by atoms with E-state index in [4.69, 9.17) is 0 Å². The first kappa shape index (κ1) is 13.2. The zero-order valence-electron chi connectivity index (χ0n) is 8.85. The maximum atomic E-state index is 11.7. The molecule has 0 radical (unpaired) electrons. The summed E-state index contributed by atoms with van der Waals surface area (Å²) in [4.78, 5) is 17.2. The van der Waals surface area contributed by atoms with E-state index in [0.29, 0.717) is 13.1 Å². The quantitative estimate of drug-likeness (QED) is 0.590. The van der Waals surface area contributed by atoms with Crippen LogP contribution in [0.3, 0.4) is 0 Å². The Bertz CT molecular complexity index is 227. The van der Waals surface area contributed by atoms with Crippen LogP contribution in [-0.2, 0) is 9.63 Å². The van der Waals surface area contributed by atoms with E-state index in [9.17, 15) is 18.0 Å². The minimum Gasteiger partial charge on any atom is -0.342 e. The van der Waals surface area contributed by atoms with Gasteiger partial charge in [0.15, 0.2) is 6.61 Å². The predicted octanol–water partition coefficient (Wildman–Crippen LogP) is 1.08. The molecule has 0 aromatic carbocycles. The number of rotatable bonds is 4. The lowest BCUT2D eigenvalue weighted by molar-refractivity contribution is -0.190. The van der Waals surface area contributed by atoms with Crippen LogP contribution in [0.1, 0.15) is 19.3 Å². The highest BCUT2D eigenvalue weighted by atomic mass is 19.4. The molecular weight excluding hydrogens is 225 g/mol. The second-order valence-corrected chi connectivity index (χ2v) is 3.67. The summed E-state index contributed by atoms with van der Waals surface area (Å²) >= 11 is 0. The zero-order valence-corrected chi connectivity index (χ0v) is 8.85. The van der Waals surface area contributed by atoms with E-state index < -0.39 is 12.8 Å². The molecule has 0 saturated carbocycles. The smallest absolute Gasteiger partial charge is 0.342 e. The third-order valence-corrected chi connectivity index (χ3v) is 2.27. The molecule has 1 heterocycles. The third-order valence-electron chi connectivity index (χ3n) is 2.27. The summed E-state index contributed by atoms with van der Waals surface area (Å²) < 4.78 is 35.0. The standard InChI is InChI=1S/C9H15F3N2O2/c10-9(11,12)7-16-13-6-8(15)14-4-2-1-3-5-14/h13H,1-7H2. The van der Waals surface area contributed by atoms with Gasteiger partial charge in [0, 0.05) is 13.1 Å². The van der Waals surface area contributed by atoms with Crippen LogP contribution < -0.4 is 5.48 Å². The van der Waals surface area contributed by atoms with Crippen molar-refractivity contribution >= 4 is 5.91 Å². The molecule has 1 amide bonds. The van der Waals surface area contributed by atoms with E-state index in [0.717, 1.165) is 19.3 Å². The number of nitrogens with one attached hydrogen (secondary N) is 1. The van der Waals surface area contributed by atoms with Crippen LogP contribution in [0, 0.1) is 0 Å². The number of piperidine rings is 1. The van der Waals surface area contributed by atoms with Crippen LogP contribution in [0.15, 0.2) is 0 Å².